The second-order valence-corrected chi connectivity index (χ2v) is 11.0. The molecule has 158 valence electrons. The average molecular weight is 425 g/mol. The molecule has 30 heavy (non-hydrogen) atoms. The van der Waals surface area contributed by atoms with Crippen molar-refractivity contribution in [1.82, 2.24) is 0 Å². The molecule has 3 aliphatic rings. The molecule has 0 aromatic heterocycles. The van der Waals surface area contributed by atoms with E-state index >= 15 is 0 Å². The lowest BCUT2D eigenvalue weighted by atomic mass is 9.55. The molecule has 0 aliphatic heterocycles. The van der Waals surface area contributed by atoms with Gasteiger partial charge >= 0.3 is 10.1 Å². The minimum Gasteiger partial charge on any atom is -0.379 e. The summed E-state index contributed by atoms with van der Waals surface area (Å²) in [6, 6.07) is 12.6. The first-order valence-corrected chi connectivity index (χ1v) is 12.4. The Kier molecular flexibility index (Phi) is 4.58. The third-order valence-electron chi connectivity index (χ3n) is 7.98. The minimum atomic E-state index is -3.86. The van der Waals surface area contributed by atoms with Gasteiger partial charge < -0.3 is 4.18 Å². The molecule has 0 unspecified atom stereocenters. The molecule has 0 N–H and O–H groups in total. The molecule has 3 aliphatic carbocycles. The van der Waals surface area contributed by atoms with E-state index in [4.69, 9.17) is 4.18 Å². The second kappa shape index (κ2) is 6.94. The van der Waals surface area contributed by atoms with E-state index in [0.29, 0.717) is 34.8 Å². The van der Waals surface area contributed by atoms with Crippen molar-refractivity contribution >= 4 is 15.9 Å². The highest BCUT2D eigenvalue weighted by molar-refractivity contribution is 7.87. The summed E-state index contributed by atoms with van der Waals surface area (Å²) < 4.78 is 31.0. The molecule has 0 bridgehead atoms. The van der Waals surface area contributed by atoms with Gasteiger partial charge in [0, 0.05) is 11.8 Å². The van der Waals surface area contributed by atoms with Gasteiger partial charge in [0.2, 0.25) is 0 Å². The highest BCUT2D eigenvalue weighted by Crippen LogP contribution is 2.59. The summed E-state index contributed by atoms with van der Waals surface area (Å²) in [6.07, 6.45) is 5.76. The zero-order chi connectivity index (χ0) is 21.1. The standard InChI is InChI=1S/C25H28O4S/c1-16-5-3-4-6-23(16)30(27,28)29-18-8-10-19-17(15-18)7-9-21-20(19)13-14-25(2)22(21)11-12-24(25)26/h3-6,8,10,15,20-22H,7,9,11-14H2,1-2H3/t20-,21-,22+,25+/m1/s1. The first-order valence-electron chi connectivity index (χ1n) is 11.0. The summed E-state index contributed by atoms with van der Waals surface area (Å²) in [6.45, 7) is 3.96. The molecular formula is C25H28O4S. The lowest BCUT2D eigenvalue weighted by Crippen LogP contribution is -2.42. The van der Waals surface area contributed by atoms with E-state index in [-0.39, 0.29) is 10.3 Å². The van der Waals surface area contributed by atoms with Crippen molar-refractivity contribution in [1.29, 1.82) is 0 Å². The topological polar surface area (TPSA) is 60.4 Å². The van der Waals surface area contributed by atoms with E-state index in [1.165, 1.54) is 11.1 Å². The number of rotatable bonds is 3. The fraction of sp³-hybridized carbons (Fsp3) is 0.480. The molecule has 2 aromatic rings. The summed E-state index contributed by atoms with van der Waals surface area (Å²) in [5.74, 6) is 2.37. The third kappa shape index (κ3) is 3.01. The maximum atomic E-state index is 12.8. The lowest BCUT2D eigenvalue weighted by molar-refractivity contribution is -0.129. The molecule has 5 rings (SSSR count). The van der Waals surface area contributed by atoms with Crippen LogP contribution in [0.5, 0.6) is 5.75 Å². The highest BCUT2D eigenvalue weighted by Gasteiger charge is 2.54. The number of Topliss-reactive ketones (excluding diaryl/α,β-unsaturated/α-hetero) is 1. The molecule has 4 atom stereocenters. The SMILES string of the molecule is Cc1ccccc1S(=O)(=O)Oc1ccc2c(c1)CC[C@@H]1[C@@H]2CC[C@]2(C)C(=O)CC[C@@H]12. The van der Waals surface area contributed by atoms with Gasteiger partial charge in [-0.05, 0) is 91.7 Å². The Bertz CT molecular complexity index is 1120. The maximum Gasteiger partial charge on any atom is 0.339 e. The van der Waals surface area contributed by atoms with Crippen molar-refractivity contribution in [3.63, 3.8) is 0 Å². The van der Waals surface area contributed by atoms with Crippen LogP contribution in [0.2, 0.25) is 0 Å². The molecular weight excluding hydrogens is 396 g/mol. The number of carbonyl (C=O) groups is 1. The van der Waals surface area contributed by atoms with Gasteiger partial charge in [-0.2, -0.15) is 8.42 Å². The normalized spacial score (nSPS) is 30.3. The Labute approximate surface area is 178 Å². The zero-order valence-corrected chi connectivity index (χ0v) is 18.4. The van der Waals surface area contributed by atoms with Crippen LogP contribution < -0.4 is 4.18 Å². The van der Waals surface area contributed by atoms with Gasteiger partial charge in [-0.1, -0.05) is 31.2 Å². The Morgan fingerprint density at radius 3 is 2.63 bits per heavy atom. The van der Waals surface area contributed by atoms with Gasteiger partial charge in [-0.3, -0.25) is 4.79 Å². The Morgan fingerprint density at radius 1 is 1.03 bits per heavy atom. The summed E-state index contributed by atoms with van der Waals surface area (Å²) >= 11 is 0. The van der Waals surface area contributed by atoms with Gasteiger partial charge in [0.25, 0.3) is 0 Å². The number of fused-ring (bicyclic) bond motifs is 5. The van der Waals surface area contributed by atoms with Gasteiger partial charge in [0.15, 0.2) is 0 Å². The summed E-state index contributed by atoms with van der Waals surface area (Å²) in [5, 5.41) is 0. The molecule has 5 heteroatoms. The van der Waals surface area contributed by atoms with Crippen LogP contribution in [0.3, 0.4) is 0 Å². The summed E-state index contributed by atoms with van der Waals surface area (Å²) in [7, 11) is -3.86. The van der Waals surface area contributed by atoms with Crippen LogP contribution in [0, 0.1) is 24.2 Å². The van der Waals surface area contributed by atoms with Crippen LogP contribution in [-0.4, -0.2) is 14.2 Å². The lowest BCUT2D eigenvalue weighted by Gasteiger charge is -2.48. The second-order valence-electron chi connectivity index (χ2n) is 9.50. The predicted molar refractivity (Wildman–Crippen MR) is 115 cm³/mol. The van der Waals surface area contributed by atoms with E-state index in [0.717, 1.165) is 38.5 Å². The molecule has 4 nitrogen and oxygen atoms in total. The van der Waals surface area contributed by atoms with Crippen LogP contribution >= 0.6 is 0 Å². The summed E-state index contributed by atoms with van der Waals surface area (Å²) in [4.78, 5) is 12.7. The van der Waals surface area contributed by atoms with Gasteiger partial charge in [-0.25, -0.2) is 0 Å². The van der Waals surface area contributed by atoms with Gasteiger partial charge in [-0.15, -0.1) is 0 Å². The number of hydrogen-bond acceptors (Lipinski definition) is 4. The van der Waals surface area contributed by atoms with Crippen LogP contribution in [0.15, 0.2) is 47.4 Å². The van der Waals surface area contributed by atoms with Gasteiger partial charge in [0.1, 0.15) is 16.4 Å². The van der Waals surface area contributed by atoms with Crippen LogP contribution in [0.1, 0.15) is 61.6 Å². The van der Waals surface area contributed by atoms with E-state index in [9.17, 15) is 13.2 Å². The smallest absolute Gasteiger partial charge is 0.339 e. The Balaban J connectivity index is 1.42. The first-order chi connectivity index (χ1) is 14.3. The summed E-state index contributed by atoms with van der Waals surface area (Å²) in [5.41, 5.74) is 3.08. The number of aryl methyl sites for hydroxylation is 2. The number of benzene rings is 2. The minimum absolute atomic E-state index is 0.122. The largest absolute Gasteiger partial charge is 0.379 e. The van der Waals surface area contributed by atoms with Crippen molar-refractivity contribution in [2.24, 2.45) is 17.3 Å². The zero-order valence-electron chi connectivity index (χ0n) is 17.6. The number of carbonyl (C=O) groups excluding carboxylic acids is 1. The van der Waals surface area contributed by atoms with Crippen LogP contribution in [0.4, 0.5) is 0 Å². The Morgan fingerprint density at radius 2 is 1.83 bits per heavy atom. The third-order valence-corrected chi connectivity index (χ3v) is 9.38. The molecule has 2 aromatic carbocycles. The van der Waals surface area contributed by atoms with E-state index in [1.54, 1.807) is 31.2 Å². The van der Waals surface area contributed by atoms with E-state index in [1.807, 2.05) is 12.1 Å². The van der Waals surface area contributed by atoms with Crippen molar-refractivity contribution < 1.29 is 17.4 Å². The average Bonchev–Trinajstić information content (AvgIpc) is 3.02. The van der Waals surface area contributed by atoms with Gasteiger partial charge in [0.05, 0.1) is 0 Å². The molecule has 0 radical (unpaired) electrons. The molecule has 2 saturated carbocycles. The van der Waals surface area contributed by atoms with E-state index in [2.05, 4.69) is 13.0 Å². The molecule has 0 heterocycles. The molecule has 2 fully saturated rings. The molecule has 0 saturated heterocycles. The fourth-order valence-electron chi connectivity index (χ4n) is 6.39. The first kappa shape index (κ1) is 19.8. The molecule has 0 spiro atoms. The number of ketones is 1. The number of hydrogen-bond donors (Lipinski definition) is 0. The van der Waals surface area contributed by atoms with E-state index < -0.39 is 10.1 Å². The maximum absolute atomic E-state index is 12.8. The predicted octanol–water partition coefficient (Wildman–Crippen LogP) is 5.19. The Hall–Kier alpha value is -2.14. The van der Waals surface area contributed by atoms with Crippen molar-refractivity contribution in [3.05, 3.63) is 59.2 Å². The quantitative estimate of drug-likeness (QED) is 0.637. The molecule has 0 amide bonds. The van der Waals surface area contributed by atoms with Crippen LogP contribution in [-0.2, 0) is 21.3 Å². The monoisotopic (exact) mass is 424 g/mol. The van der Waals surface area contributed by atoms with Crippen LogP contribution in [0.25, 0.3) is 0 Å². The van der Waals surface area contributed by atoms with Crippen molar-refractivity contribution in [3.8, 4) is 5.75 Å². The fourth-order valence-corrected chi connectivity index (χ4v) is 7.54. The van der Waals surface area contributed by atoms with Crippen molar-refractivity contribution in [2.45, 2.75) is 63.2 Å². The van der Waals surface area contributed by atoms with Crippen molar-refractivity contribution in [2.75, 3.05) is 0 Å². The highest BCUT2D eigenvalue weighted by atomic mass is 32.2.